The highest BCUT2D eigenvalue weighted by Crippen LogP contribution is 1.95. The first-order valence-corrected chi connectivity index (χ1v) is 4.79. The minimum absolute atomic E-state index is 0.760. The molecule has 0 radical (unpaired) electrons. The average Bonchev–Trinajstić information content (AvgIpc) is 2.32. The molecular formula is C11H12N4. The summed E-state index contributed by atoms with van der Waals surface area (Å²) >= 11 is 0. The molecule has 0 aromatic carbocycles. The summed E-state index contributed by atoms with van der Waals surface area (Å²) in [7, 11) is 0. The fraction of sp³-hybridized carbons (Fsp3) is 0.182. The summed E-state index contributed by atoms with van der Waals surface area (Å²) in [5.74, 6) is 0. The number of hydrogen-bond acceptors (Lipinski definition) is 4. The van der Waals surface area contributed by atoms with Crippen LogP contribution in [0.3, 0.4) is 0 Å². The van der Waals surface area contributed by atoms with Crippen LogP contribution in [0.15, 0.2) is 43.1 Å². The van der Waals surface area contributed by atoms with Gasteiger partial charge in [-0.2, -0.15) is 0 Å². The zero-order valence-corrected chi connectivity index (χ0v) is 8.30. The SMILES string of the molecule is c1ccc(CNCc2cncnc2)nc1. The molecule has 0 spiro atoms. The third-order valence-electron chi connectivity index (χ3n) is 1.98. The molecule has 2 aromatic heterocycles. The van der Waals surface area contributed by atoms with E-state index in [0.29, 0.717) is 0 Å². The van der Waals surface area contributed by atoms with E-state index in [4.69, 9.17) is 0 Å². The fourth-order valence-electron chi connectivity index (χ4n) is 1.26. The van der Waals surface area contributed by atoms with Crippen LogP contribution < -0.4 is 5.32 Å². The predicted molar refractivity (Wildman–Crippen MR) is 56.8 cm³/mol. The van der Waals surface area contributed by atoms with E-state index in [-0.39, 0.29) is 0 Å². The van der Waals surface area contributed by atoms with E-state index in [9.17, 15) is 0 Å². The first-order chi connectivity index (χ1) is 7.45. The molecule has 15 heavy (non-hydrogen) atoms. The highest BCUT2D eigenvalue weighted by molar-refractivity contribution is 5.05. The lowest BCUT2D eigenvalue weighted by Crippen LogP contribution is -2.13. The molecule has 4 nitrogen and oxygen atoms in total. The summed E-state index contributed by atoms with van der Waals surface area (Å²) in [6.45, 7) is 1.52. The fourth-order valence-corrected chi connectivity index (χ4v) is 1.26. The molecule has 1 N–H and O–H groups in total. The Balaban J connectivity index is 1.81. The summed E-state index contributed by atoms with van der Waals surface area (Å²) in [4.78, 5) is 12.1. The summed E-state index contributed by atoms with van der Waals surface area (Å²) < 4.78 is 0. The zero-order valence-electron chi connectivity index (χ0n) is 8.30. The van der Waals surface area contributed by atoms with Crippen LogP contribution in [-0.4, -0.2) is 15.0 Å². The summed E-state index contributed by atoms with van der Waals surface area (Å²) in [6.07, 6.45) is 6.93. The molecular weight excluding hydrogens is 188 g/mol. The standard InChI is InChI=1S/C11H12N4/c1-2-4-15-11(3-1)8-12-5-10-6-13-9-14-7-10/h1-4,6-7,9,12H,5,8H2. The molecule has 0 saturated heterocycles. The molecule has 0 aliphatic heterocycles. The Morgan fingerprint density at radius 1 is 1.07 bits per heavy atom. The number of pyridine rings is 1. The summed E-state index contributed by atoms with van der Waals surface area (Å²) in [6, 6.07) is 5.89. The van der Waals surface area contributed by atoms with Gasteiger partial charge < -0.3 is 5.32 Å². The van der Waals surface area contributed by atoms with Crippen molar-refractivity contribution in [3.8, 4) is 0 Å². The van der Waals surface area contributed by atoms with Crippen LogP contribution in [0.4, 0.5) is 0 Å². The van der Waals surface area contributed by atoms with Gasteiger partial charge in [-0.15, -0.1) is 0 Å². The maximum atomic E-state index is 4.22. The molecule has 76 valence electrons. The van der Waals surface area contributed by atoms with Gasteiger partial charge >= 0.3 is 0 Å². The Labute approximate surface area is 88.4 Å². The van der Waals surface area contributed by atoms with Crippen LogP contribution in [0.5, 0.6) is 0 Å². The van der Waals surface area contributed by atoms with Crippen molar-refractivity contribution >= 4 is 0 Å². The van der Waals surface area contributed by atoms with Crippen molar-refractivity contribution in [3.63, 3.8) is 0 Å². The van der Waals surface area contributed by atoms with E-state index in [1.54, 1.807) is 18.6 Å². The van der Waals surface area contributed by atoms with Crippen molar-refractivity contribution in [3.05, 3.63) is 54.4 Å². The van der Waals surface area contributed by atoms with E-state index in [2.05, 4.69) is 20.3 Å². The molecule has 0 unspecified atom stereocenters. The number of hydrogen-bond donors (Lipinski definition) is 1. The van der Waals surface area contributed by atoms with Crippen molar-refractivity contribution in [1.29, 1.82) is 0 Å². The minimum Gasteiger partial charge on any atom is -0.307 e. The normalized spacial score (nSPS) is 10.1. The first-order valence-electron chi connectivity index (χ1n) is 4.79. The smallest absolute Gasteiger partial charge is 0.115 e. The maximum absolute atomic E-state index is 4.22. The number of rotatable bonds is 4. The Morgan fingerprint density at radius 3 is 2.67 bits per heavy atom. The quantitative estimate of drug-likeness (QED) is 0.804. The van der Waals surface area contributed by atoms with Crippen molar-refractivity contribution in [1.82, 2.24) is 20.3 Å². The third kappa shape index (κ3) is 3.11. The van der Waals surface area contributed by atoms with Crippen molar-refractivity contribution in [2.24, 2.45) is 0 Å². The maximum Gasteiger partial charge on any atom is 0.115 e. The lowest BCUT2D eigenvalue weighted by atomic mass is 10.3. The summed E-state index contributed by atoms with van der Waals surface area (Å²) in [5.41, 5.74) is 2.11. The van der Waals surface area contributed by atoms with Crippen LogP contribution >= 0.6 is 0 Å². The van der Waals surface area contributed by atoms with Gasteiger partial charge in [0, 0.05) is 37.2 Å². The van der Waals surface area contributed by atoms with Gasteiger partial charge in [0.1, 0.15) is 6.33 Å². The second-order valence-corrected chi connectivity index (χ2v) is 3.17. The highest BCUT2D eigenvalue weighted by atomic mass is 14.9. The largest absolute Gasteiger partial charge is 0.307 e. The van der Waals surface area contributed by atoms with E-state index >= 15 is 0 Å². The van der Waals surface area contributed by atoms with Gasteiger partial charge in [0.2, 0.25) is 0 Å². The highest BCUT2D eigenvalue weighted by Gasteiger charge is 1.94. The van der Waals surface area contributed by atoms with E-state index in [1.165, 1.54) is 6.33 Å². The molecule has 0 amide bonds. The second-order valence-electron chi connectivity index (χ2n) is 3.17. The minimum atomic E-state index is 0.760. The molecule has 2 aromatic rings. The van der Waals surface area contributed by atoms with Crippen LogP contribution in [0.1, 0.15) is 11.3 Å². The average molecular weight is 200 g/mol. The van der Waals surface area contributed by atoms with Crippen LogP contribution in [0.25, 0.3) is 0 Å². The van der Waals surface area contributed by atoms with Gasteiger partial charge in [-0.1, -0.05) is 6.07 Å². The van der Waals surface area contributed by atoms with Gasteiger partial charge in [-0.05, 0) is 12.1 Å². The van der Waals surface area contributed by atoms with Crippen molar-refractivity contribution < 1.29 is 0 Å². The molecule has 2 heterocycles. The molecule has 0 bridgehead atoms. The Bertz CT molecular complexity index is 348. The van der Waals surface area contributed by atoms with Crippen molar-refractivity contribution in [2.45, 2.75) is 13.1 Å². The molecule has 0 aliphatic carbocycles. The topological polar surface area (TPSA) is 50.7 Å². The van der Waals surface area contributed by atoms with Gasteiger partial charge in [0.15, 0.2) is 0 Å². The van der Waals surface area contributed by atoms with E-state index < -0.39 is 0 Å². The van der Waals surface area contributed by atoms with Crippen LogP contribution in [0, 0.1) is 0 Å². The van der Waals surface area contributed by atoms with Crippen LogP contribution in [-0.2, 0) is 13.1 Å². The molecule has 0 atom stereocenters. The van der Waals surface area contributed by atoms with Gasteiger partial charge in [-0.25, -0.2) is 9.97 Å². The van der Waals surface area contributed by atoms with Crippen molar-refractivity contribution in [2.75, 3.05) is 0 Å². The predicted octanol–water partition coefficient (Wildman–Crippen LogP) is 1.16. The Hall–Kier alpha value is -1.81. The molecule has 4 heteroatoms. The number of nitrogens with one attached hydrogen (secondary N) is 1. The molecule has 0 fully saturated rings. The first kappa shape index (κ1) is 9.73. The third-order valence-corrected chi connectivity index (χ3v) is 1.98. The monoisotopic (exact) mass is 200 g/mol. The lowest BCUT2D eigenvalue weighted by molar-refractivity contribution is 0.675. The van der Waals surface area contributed by atoms with Crippen LogP contribution in [0.2, 0.25) is 0 Å². The summed E-state index contributed by atoms with van der Waals surface area (Å²) in [5, 5.41) is 3.28. The number of aromatic nitrogens is 3. The van der Waals surface area contributed by atoms with Gasteiger partial charge in [0.25, 0.3) is 0 Å². The van der Waals surface area contributed by atoms with E-state index in [1.807, 2.05) is 18.2 Å². The van der Waals surface area contributed by atoms with E-state index in [0.717, 1.165) is 24.3 Å². The Kier molecular flexibility index (Phi) is 3.35. The molecule has 0 aliphatic rings. The zero-order chi connectivity index (χ0) is 10.3. The molecule has 2 rings (SSSR count). The molecule has 0 saturated carbocycles. The number of nitrogens with zero attached hydrogens (tertiary/aromatic N) is 3. The lowest BCUT2D eigenvalue weighted by Gasteiger charge is -2.02. The Morgan fingerprint density at radius 2 is 1.93 bits per heavy atom. The van der Waals surface area contributed by atoms with Gasteiger partial charge in [-0.3, -0.25) is 4.98 Å². The van der Waals surface area contributed by atoms with Gasteiger partial charge in [0.05, 0.1) is 5.69 Å². The second kappa shape index (κ2) is 5.17.